The lowest BCUT2D eigenvalue weighted by atomic mass is 10.1. The number of rotatable bonds is 5. The topological polar surface area (TPSA) is 79.0 Å². The molecule has 0 fully saturated rings. The van der Waals surface area contributed by atoms with E-state index in [2.05, 4.69) is 27.8 Å². The molecule has 1 amide bonds. The summed E-state index contributed by atoms with van der Waals surface area (Å²) in [4.78, 5) is 12.4. The number of H-pyrrole nitrogens is 1. The van der Waals surface area contributed by atoms with Crippen molar-refractivity contribution in [3.05, 3.63) is 41.2 Å². The van der Waals surface area contributed by atoms with Crippen molar-refractivity contribution < 1.29 is 9.53 Å². The number of amides is 1. The minimum Gasteiger partial charge on any atom is -0.494 e. The summed E-state index contributed by atoms with van der Waals surface area (Å²) in [7, 11) is 0. The third-order valence-electron chi connectivity index (χ3n) is 3.59. The third-order valence-corrected chi connectivity index (χ3v) is 3.59. The van der Waals surface area contributed by atoms with Gasteiger partial charge in [0.1, 0.15) is 5.75 Å². The minimum atomic E-state index is -0.200. The van der Waals surface area contributed by atoms with E-state index in [9.17, 15) is 4.79 Å². The number of nitrogens with zero attached hydrogens (tertiary/aromatic N) is 1. The molecule has 0 spiro atoms. The van der Waals surface area contributed by atoms with Crippen molar-refractivity contribution in [3.8, 4) is 5.75 Å². The predicted molar refractivity (Wildman–Crippen MR) is 84.2 cm³/mol. The molecule has 0 aliphatic carbocycles. The van der Waals surface area contributed by atoms with Gasteiger partial charge in [-0.25, -0.2) is 0 Å². The molecule has 22 heavy (non-hydrogen) atoms. The van der Waals surface area contributed by atoms with Gasteiger partial charge in [-0.05, 0) is 18.6 Å². The average Bonchev–Trinajstić information content (AvgIpc) is 2.97. The number of ether oxygens (including phenoxy) is 1. The SMILES string of the molecule is CCCOc1cccc(NC(=O)c2n[nH]c3c2CNCC3)c1. The molecule has 0 atom stereocenters. The predicted octanol–water partition coefficient (Wildman–Crippen LogP) is 2.10. The number of benzene rings is 1. The summed E-state index contributed by atoms with van der Waals surface area (Å²) in [6, 6.07) is 7.41. The molecule has 0 unspecified atom stereocenters. The molecule has 0 saturated heterocycles. The zero-order chi connectivity index (χ0) is 15.4. The highest BCUT2D eigenvalue weighted by Crippen LogP contribution is 2.20. The second kappa shape index (κ2) is 6.62. The van der Waals surface area contributed by atoms with Crippen LogP contribution in [0.2, 0.25) is 0 Å². The number of carbonyl (C=O) groups is 1. The first kappa shape index (κ1) is 14.6. The van der Waals surface area contributed by atoms with Crippen molar-refractivity contribution in [2.45, 2.75) is 26.3 Å². The summed E-state index contributed by atoms with van der Waals surface area (Å²) < 4.78 is 5.58. The molecule has 6 heteroatoms. The summed E-state index contributed by atoms with van der Waals surface area (Å²) in [5, 5.41) is 13.3. The van der Waals surface area contributed by atoms with Crippen molar-refractivity contribution in [2.24, 2.45) is 0 Å². The van der Waals surface area contributed by atoms with Crippen LogP contribution in [0.15, 0.2) is 24.3 Å². The van der Waals surface area contributed by atoms with E-state index in [0.29, 0.717) is 24.5 Å². The first-order valence-electron chi connectivity index (χ1n) is 7.59. The van der Waals surface area contributed by atoms with Crippen LogP contribution in [0.3, 0.4) is 0 Å². The molecular weight excluding hydrogens is 280 g/mol. The van der Waals surface area contributed by atoms with Crippen molar-refractivity contribution in [1.29, 1.82) is 0 Å². The Morgan fingerprint density at radius 2 is 2.36 bits per heavy atom. The first-order valence-corrected chi connectivity index (χ1v) is 7.59. The molecule has 1 aromatic carbocycles. The van der Waals surface area contributed by atoms with E-state index in [0.717, 1.165) is 36.4 Å². The molecule has 1 aromatic heterocycles. The van der Waals surface area contributed by atoms with Crippen LogP contribution in [0, 0.1) is 0 Å². The number of carbonyl (C=O) groups excluding carboxylic acids is 1. The molecule has 6 nitrogen and oxygen atoms in total. The van der Waals surface area contributed by atoms with Gasteiger partial charge in [0.15, 0.2) is 5.69 Å². The van der Waals surface area contributed by atoms with Crippen LogP contribution in [0.1, 0.15) is 35.1 Å². The van der Waals surface area contributed by atoms with Gasteiger partial charge in [-0.15, -0.1) is 0 Å². The van der Waals surface area contributed by atoms with Gasteiger partial charge in [0.2, 0.25) is 0 Å². The van der Waals surface area contributed by atoms with Gasteiger partial charge < -0.3 is 15.4 Å². The van der Waals surface area contributed by atoms with Crippen LogP contribution in [-0.4, -0.2) is 29.3 Å². The van der Waals surface area contributed by atoms with Gasteiger partial charge in [0, 0.05) is 42.5 Å². The van der Waals surface area contributed by atoms with E-state index in [1.54, 1.807) is 0 Å². The summed E-state index contributed by atoms with van der Waals surface area (Å²) >= 11 is 0. The van der Waals surface area contributed by atoms with Gasteiger partial charge in [-0.2, -0.15) is 5.10 Å². The Balaban J connectivity index is 1.73. The lowest BCUT2D eigenvalue weighted by Crippen LogP contribution is -2.25. The summed E-state index contributed by atoms with van der Waals surface area (Å²) in [5.41, 5.74) is 3.17. The van der Waals surface area contributed by atoms with Crippen molar-refractivity contribution in [3.63, 3.8) is 0 Å². The Kier molecular flexibility index (Phi) is 4.39. The Morgan fingerprint density at radius 1 is 1.45 bits per heavy atom. The average molecular weight is 300 g/mol. The van der Waals surface area contributed by atoms with Crippen LogP contribution in [-0.2, 0) is 13.0 Å². The van der Waals surface area contributed by atoms with Gasteiger partial charge >= 0.3 is 0 Å². The minimum absolute atomic E-state index is 0.200. The maximum atomic E-state index is 12.4. The number of aromatic nitrogens is 2. The highest BCUT2D eigenvalue weighted by atomic mass is 16.5. The highest BCUT2D eigenvalue weighted by molar-refractivity contribution is 6.04. The first-order chi connectivity index (χ1) is 10.8. The zero-order valence-corrected chi connectivity index (χ0v) is 12.6. The standard InChI is InChI=1S/C16H20N4O2/c1-2-8-22-12-5-3-4-11(9-12)18-16(21)15-13-10-17-7-6-14(13)19-20-15/h3-5,9,17H,2,6-8,10H2,1H3,(H,18,21)(H,19,20). The number of fused-ring (bicyclic) bond motifs is 1. The van der Waals surface area contributed by atoms with E-state index in [4.69, 9.17) is 4.74 Å². The largest absolute Gasteiger partial charge is 0.494 e. The van der Waals surface area contributed by atoms with Crippen LogP contribution in [0.25, 0.3) is 0 Å². The molecule has 1 aliphatic rings. The van der Waals surface area contributed by atoms with E-state index in [1.807, 2.05) is 24.3 Å². The molecule has 116 valence electrons. The number of anilines is 1. The van der Waals surface area contributed by atoms with Crippen LogP contribution in [0.4, 0.5) is 5.69 Å². The zero-order valence-electron chi connectivity index (χ0n) is 12.6. The molecule has 2 aromatic rings. The quantitative estimate of drug-likeness (QED) is 0.790. The maximum absolute atomic E-state index is 12.4. The molecule has 0 saturated carbocycles. The Bertz CT molecular complexity index is 666. The Morgan fingerprint density at radius 3 is 3.23 bits per heavy atom. The van der Waals surface area contributed by atoms with Crippen LogP contribution < -0.4 is 15.4 Å². The summed E-state index contributed by atoms with van der Waals surface area (Å²) in [5.74, 6) is 0.555. The fourth-order valence-electron chi connectivity index (χ4n) is 2.49. The Labute approximate surface area is 129 Å². The lowest BCUT2D eigenvalue weighted by molar-refractivity contribution is 0.102. The van der Waals surface area contributed by atoms with Gasteiger partial charge in [-0.3, -0.25) is 9.89 Å². The normalized spacial score (nSPS) is 13.5. The Hall–Kier alpha value is -2.34. The fraction of sp³-hybridized carbons (Fsp3) is 0.375. The number of hydrogen-bond donors (Lipinski definition) is 3. The summed E-state index contributed by atoms with van der Waals surface area (Å²) in [6.45, 7) is 4.30. The van der Waals surface area contributed by atoms with Crippen molar-refractivity contribution >= 4 is 11.6 Å². The third kappa shape index (κ3) is 3.12. The molecule has 0 radical (unpaired) electrons. The van der Waals surface area contributed by atoms with E-state index in [1.165, 1.54) is 0 Å². The fourth-order valence-corrected chi connectivity index (χ4v) is 2.49. The van der Waals surface area contributed by atoms with E-state index < -0.39 is 0 Å². The number of aromatic amines is 1. The van der Waals surface area contributed by atoms with Crippen LogP contribution in [0.5, 0.6) is 5.75 Å². The molecular formula is C16H20N4O2. The number of nitrogens with one attached hydrogen (secondary N) is 3. The van der Waals surface area contributed by atoms with Crippen molar-refractivity contribution in [2.75, 3.05) is 18.5 Å². The lowest BCUT2D eigenvalue weighted by Gasteiger charge is -2.13. The second-order valence-corrected chi connectivity index (χ2v) is 5.29. The van der Waals surface area contributed by atoms with E-state index in [-0.39, 0.29) is 5.91 Å². The monoisotopic (exact) mass is 300 g/mol. The maximum Gasteiger partial charge on any atom is 0.276 e. The molecule has 3 N–H and O–H groups in total. The molecule has 3 rings (SSSR count). The van der Waals surface area contributed by atoms with Gasteiger partial charge in [-0.1, -0.05) is 13.0 Å². The van der Waals surface area contributed by atoms with Crippen LogP contribution >= 0.6 is 0 Å². The highest BCUT2D eigenvalue weighted by Gasteiger charge is 2.21. The summed E-state index contributed by atoms with van der Waals surface area (Å²) in [6.07, 6.45) is 1.82. The molecule has 2 heterocycles. The van der Waals surface area contributed by atoms with Crippen molar-refractivity contribution in [1.82, 2.24) is 15.5 Å². The van der Waals surface area contributed by atoms with Gasteiger partial charge in [0.05, 0.1) is 6.61 Å². The number of hydrogen-bond acceptors (Lipinski definition) is 4. The molecule has 1 aliphatic heterocycles. The second-order valence-electron chi connectivity index (χ2n) is 5.29. The van der Waals surface area contributed by atoms with Gasteiger partial charge in [0.25, 0.3) is 5.91 Å². The van der Waals surface area contributed by atoms with E-state index >= 15 is 0 Å². The smallest absolute Gasteiger partial charge is 0.276 e. The molecule has 0 bridgehead atoms.